The van der Waals surface area contributed by atoms with E-state index in [0.717, 1.165) is 23.2 Å². The molecule has 1 saturated heterocycles. The van der Waals surface area contributed by atoms with E-state index in [1.165, 1.54) is 22.5 Å². The van der Waals surface area contributed by atoms with Gasteiger partial charge in [-0.3, -0.25) is 18.8 Å². The van der Waals surface area contributed by atoms with Gasteiger partial charge >= 0.3 is 0 Å². The van der Waals surface area contributed by atoms with Gasteiger partial charge in [0.25, 0.3) is 5.91 Å². The van der Waals surface area contributed by atoms with Crippen molar-refractivity contribution in [1.29, 1.82) is 0 Å². The Hall–Kier alpha value is -1.55. The van der Waals surface area contributed by atoms with Crippen molar-refractivity contribution in [3.8, 4) is 0 Å². The molecule has 5 rings (SSSR count). The lowest BCUT2D eigenvalue weighted by atomic mass is 9.97. The van der Waals surface area contributed by atoms with E-state index < -0.39 is 10.6 Å². The molecule has 2 aliphatic rings. The Bertz CT molecular complexity index is 1050. The molecule has 9 heteroatoms. The molecule has 0 radical (unpaired) electrons. The largest absolute Gasteiger partial charge is 0.347 e. The zero-order valence-corrected chi connectivity index (χ0v) is 18.7. The summed E-state index contributed by atoms with van der Waals surface area (Å²) in [4.78, 5) is 19.3. The predicted molar refractivity (Wildman–Crippen MR) is 124 cm³/mol. The fourth-order valence-electron chi connectivity index (χ4n) is 4.54. The van der Waals surface area contributed by atoms with Gasteiger partial charge in [0.15, 0.2) is 0 Å². The number of halogens is 1. The Morgan fingerprint density at radius 3 is 2.80 bits per heavy atom. The van der Waals surface area contributed by atoms with Gasteiger partial charge in [-0.25, -0.2) is 0 Å². The number of hydrogen-bond acceptors (Lipinski definition) is 5. The summed E-state index contributed by atoms with van der Waals surface area (Å²) >= 11 is 7.47. The van der Waals surface area contributed by atoms with Crippen molar-refractivity contribution in [3.63, 3.8) is 0 Å². The lowest BCUT2D eigenvalue weighted by Crippen LogP contribution is -2.45. The van der Waals surface area contributed by atoms with Gasteiger partial charge in [-0.2, -0.15) is 10.6 Å². The first-order chi connectivity index (χ1) is 14.4. The molecule has 1 aliphatic carbocycles. The Balaban J connectivity index is 1.33. The molecule has 2 aromatic heterocycles. The van der Waals surface area contributed by atoms with Gasteiger partial charge in [0.2, 0.25) is 0 Å². The van der Waals surface area contributed by atoms with Crippen LogP contribution in [0.15, 0.2) is 36.4 Å². The van der Waals surface area contributed by atoms with Crippen molar-refractivity contribution in [2.75, 3.05) is 31.1 Å². The van der Waals surface area contributed by atoms with Crippen LogP contribution in [0.3, 0.4) is 0 Å². The summed E-state index contributed by atoms with van der Waals surface area (Å²) in [5, 5.41) is 4.20. The van der Waals surface area contributed by atoms with Crippen LogP contribution in [0, 0.1) is 0 Å². The van der Waals surface area contributed by atoms with E-state index in [1.54, 1.807) is 0 Å². The minimum Gasteiger partial charge on any atom is -0.347 e. The quantitative estimate of drug-likeness (QED) is 0.460. The minimum absolute atomic E-state index is 0.00195. The van der Waals surface area contributed by atoms with Crippen LogP contribution in [-0.2, 0) is 6.42 Å². The number of nitrogens with one attached hydrogen (secondary N) is 2. The van der Waals surface area contributed by atoms with E-state index in [-0.39, 0.29) is 17.9 Å². The lowest BCUT2D eigenvalue weighted by Gasteiger charge is -2.42. The van der Waals surface area contributed by atoms with Crippen LogP contribution in [0.25, 0.3) is 10.2 Å². The van der Waals surface area contributed by atoms with Gasteiger partial charge in [-0.15, -0.1) is 11.3 Å². The fraction of sp³-hybridized carbons (Fsp3) is 0.381. The first-order valence-electron chi connectivity index (χ1n) is 10.0. The zero-order chi connectivity index (χ0) is 20.9. The molecular formula is C21H24ClN3O3S2. The number of H-pyrrole nitrogens is 1. The molecule has 0 saturated carbocycles. The average molecular weight is 466 g/mol. The second kappa shape index (κ2) is 7.85. The maximum absolute atomic E-state index is 13.0. The third-order valence-electron chi connectivity index (χ3n) is 6.14. The number of rotatable bonds is 4. The molecular weight excluding hydrogens is 442 g/mol. The highest BCUT2D eigenvalue weighted by atomic mass is 35.5. The van der Waals surface area contributed by atoms with Gasteiger partial charge in [0, 0.05) is 37.0 Å². The smallest absolute Gasteiger partial charge is 0.268 e. The molecule has 30 heavy (non-hydrogen) atoms. The number of thiophene rings is 1. The Morgan fingerprint density at radius 2 is 2.03 bits per heavy atom. The number of aromatic amines is 1. The summed E-state index contributed by atoms with van der Waals surface area (Å²) in [6, 6.07) is 12.1. The zero-order valence-electron chi connectivity index (χ0n) is 16.3. The van der Waals surface area contributed by atoms with Crippen molar-refractivity contribution in [3.05, 3.63) is 57.6 Å². The number of fused-ring (bicyclic) bond motifs is 2. The van der Waals surface area contributed by atoms with Gasteiger partial charge in [-0.05, 0) is 29.7 Å². The standard InChI is InChI=1S/C21H24ClN3O3S2/c22-19-11-14-10-18(24-21(14)29-19)20(26)23-17-9-13-3-1-2-4-15(13)16(17)12-25-5-7-30(27,28)8-6-25/h1-4,10-11,16-17,24,27-28H,5-9,12H2,(H,23,26)/t16-,17-/m1/s1. The highest BCUT2D eigenvalue weighted by Gasteiger charge is 2.36. The number of amides is 1. The highest BCUT2D eigenvalue weighted by Crippen LogP contribution is 2.41. The maximum Gasteiger partial charge on any atom is 0.268 e. The maximum atomic E-state index is 13.0. The first-order valence-corrected chi connectivity index (χ1v) is 13.1. The van der Waals surface area contributed by atoms with E-state index in [0.29, 0.717) is 34.6 Å². The molecule has 1 fully saturated rings. The van der Waals surface area contributed by atoms with Gasteiger partial charge in [0.1, 0.15) is 10.5 Å². The van der Waals surface area contributed by atoms with Crippen LogP contribution in [0.2, 0.25) is 4.34 Å². The minimum atomic E-state index is -2.41. The van der Waals surface area contributed by atoms with Crippen LogP contribution in [0.5, 0.6) is 0 Å². The van der Waals surface area contributed by atoms with Crippen LogP contribution in [-0.4, -0.2) is 62.1 Å². The third-order valence-corrected chi connectivity index (χ3v) is 9.01. The third kappa shape index (κ3) is 4.00. The molecule has 6 nitrogen and oxygen atoms in total. The summed E-state index contributed by atoms with van der Waals surface area (Å²) in [6.07, 6.45) is 0.802. The van der Waals surface area contributed by atoms with E-state index in [2.05, 4.69) is 27.3 Å². The number of aromatic nitrogens is 1. The predicted octanol–water partition coefficient (Wildman–Crippen LogP) is 4.39. The van der Waals surface area contributed by atoms with Crippen molar-refractivity contribution in [2.45, 2.75) is 18.4 Å². The molecule has 2 atom stereocenters. The number of benzene rings is 1. The van der Waals surface area contributed by atoms with Gasteiger partial charge in [-0.1, -0.05) is 35.9 Å². The van der Waals surface area contributed by atoms with Crippen molar-refractivity contribution in [1.82, 2.24) is 15.2 Å². The summed E-state index contributed by atoms with van der Waals surface area (Å²) in [7, 11) is -2.41. The molecule has 0 unspecified atom stereocenters. The van der Waals surface area contributed by atoms with E-state index in [4.69, 9.17) is 11.6 Å². The summed E-state index contributed by atoms with van der Waals surface area (Å²) in [5.74, 6) is 0.932. The van der Waals surface area contributed by atoms with E-state index >= 15 is 0 Å². The second-order valence-corrected chi connectivity index (χ2v) is 12.2. The molecule has 1 aromatic carbocycles. The Kier molecular flexibility index (Phi) is 5.33. The molecule has 1 aliphatic heterocycles. The first kappa shape index (κ1) is 20.4. The van der Waals surface area contributed by atoms with E-state index in [9.17, 15) is 13.9 Å². The summed E-state index contributed by atoms with van der Waals surface area (Å²) in [6.45, 7) is 2.15. The SMILES string of the molecule is O=C(N[C@@H]1Cc2ccccc2[C@H]1CN1CCS(O)(O)CC1)c1cc2cc(Cl)sc2[nH]1. The van der Waals surface area contributed by atoms with Gasteiger partial charge < -0.3 is 10.3 Å². The lowest BCUT2D eigenvalue weighted by molar-refractivity contribution is 0.0924. The Morgan fingerprint density at radius 1 is 1.27 bits per heavy atom. The van der Waals surface area contributed by atoms with Crippen LogP contribution >= 0.6 is 33.5 Å². The van der Waals surface area contributed by atoms with Crippen molar-refractivity contribution in [2.24, 2.45) is 0 Å². The molecule has 3 heterocycles. The summed E-state index contributed by atoms with van der Waals surface area (Å²) in [5.41, 5.74) is 3.10. The number of carbonyl (C=O) groups excluding carboxylic acids is 1. The number of carbonyl (C=O) groups is 1. The number of nitrogens with zero attached hydrogens (tertiary/aromatic N) is 1. The molecule has 1 amide bonds. The van der Waals surface area contributed by atoms with Crippen LogP contribution < -0.4 is 5.32 Å². The van der Waals surface area contributed by atoms with E-state index in [1.807, 2.05) is 24.3 Å². The van der Waals surface area contributed by atoms with Gasteiger partial charge in [0.05, 0.1) is 15.8 Å². The van der Waals surface area contributed by atoms with Crippen molar-refractivity contribution < 1.29 is 13.9 Å². The monoisotopic (exact) mass is 465 g/mol. The Labute approximate surface area is 185 Å². The average Bonchev–Trinajstić information content (AvgIpc) is 3.35. The molecule has 0 bridgehead atoms. The molecule has 160 valence electrons. The van der Waals surface area contributed by atoms with Crippen LogP contribution in [0.1, 0.15) is 27.5 Å². The summed E-state index contributed by atoms with van der Waals surface area (Å²) < 4.78 is 20.5. The molecule has 4 N–H and O–H groups in total. The normalized spacial score (nSPS) is 24.6. The number of hydrogen-bond donors (Lipinski definition) is 4. The fourth-order valence-corrected chi connectivity index (χ4v) is 6.97. The highest BCUT2D eigenvalue weighted by molar-refractivity contribution is 8.24. The van der Waals surface area contributed by atoms with Crippen molar-refractivity contribution >= 4 is 49.7 Å². The topological polar surface area (TPSA) is 88.6 Å². The second-order valence-electron chi connectivity index (χ2n) is 8.12. The van der Waals surface area contributed by atoms with Crippen LogP contribution in [0.4, 0.5) is 0 Å². The molecule has 0 spiro atoms. The molecule has 3 aromatic rings.